The van der Waals surface area contributed by atoms with Crippen LogP contribution in [0.25, 0.3) is 0 Å². The molecule has 0 heterocycles. The molecule has 0 aromatic carbocycles. The van der Waals surface area contributed by atoms with Crippen LogP contribution in [-0.2, 0) is 0 Å². The van der Waals surface area contributed by atoms with Crippen LogP contribution >= 0.6 is 12.2 Å². The van der Waals surface area contributed by atoms with Gasteiger partial charge >= 0.3 is 0 Å². The first-order valence-corrected chi connectivity index (χ1v) is 2.95. The molecule has 0 amide bonds. The lowest BCUT2D eigenvalue weighted by Gasteiger charge is -2.12. The third-order valence-electron chi connectivity index (χ3n) is 1.32. The van der Waals surface area contributed by atoms with Crippen molar-refractivity contribution in [1.29, 1.82) is 0 Å². The summed E-state index contributed by atoms with van der Waals surface area (Å²) in [5.41, 5.74) is -1.05. The predicted octanol–water partition coefficient (Wildman–Crippen LogP) is 1.43. The fourth-order valence-electron chi connectivity index (χ4n) is 0.129. The normalized spacial score (nSPS) is 11.0. The molecule has 0 aliphatic rings. The van der Waals surface area contributed by atoms with Crippen LogP contribution in [0.5, 0.6) is 0 Å². The molecule has 0 radical (unpaired) electrons. The average Bonchev–Trinajstić information content (AvgIpc) is 1.65. The van der Waals surface area contributed by atoms with Crippen LogP contribution in [0.1, 0.15) is 20.8 Å². The lowest BCUT2D eigenvalue weighted by molar-refractivity contribution is -0.537. The first-order chi connectivity index (χ1) is 3.89. The highest BCUT2D eigenvalue weighted by Crippen LogP contribution is 2.09. The van der Waals surface area contributed by atoms with Gasteiger partial charge in [-0.15, -0.1) is 0 Å². The Balaban J connectivity index is 4.38. The van der Waals surface area contributed by atoms with Crippen LogP contribution in [0, 0.1) is 10.1 Å². The number of rotatable bonds is 2. The van der Waals surface area contributed by atoms with Gasteiger partial charge in [0.05, 0.1) is 4.86 Å². The number of hydrogen-bond donors (Lipinski definition) is 0. The summed E-state index contributed by atoms with van der Waals surface area (Å²) in [5.74, 6) is 0. The van der Waals surface area contributed by atoms with Gasteiger partial charge in [0.25, 0.3) is 0 Å². The van der Waals surface area contributed by atoms with E-state index in [2.05, 4.69) is 12.2 Å². The van der Waals surface area contributed by atoms with Crippen molar-refractivity contribution in [3.63, 3.8) is 0 Å². The molecule has 9 heavy (non-hydrogen) atoms. The summed E-state index contributed by atoms with van der Waals surface area (Å²) in [4.78, 5) is 10.2. The molecular formula is C5H9NO2S. The van der Waals surface area contributed by atoms with Gasteiger partial charge in [0.15, 0.2) is 0 Å². The zero-order chi connectivity index (χ0) is 7.65. The lowest BCUT2D eigenvalue weighted by atomic mass is 10.0. The number of thiocarbonyl (C=S) groups is 1. The van der Waals surface area contributed by atoms with Crippen molar-refractivity contribution in [2.24, 2.45) is 0 Å². The van der Waals surface area contributed by atoms with Crippen LogP contribution in [-0.4, -0.2) is 15.3 Å². The Morgan fingerprint density at radius 1 is 1.67 bits per heavy atom. The van der Waals surface area contributed by atoms with E-state index in [1.165, 1.54) is 13.8 Å². The summed E-state index contributed by atoms with van der Waals surface area (Å²) in [6.45, 7) is 4.57. The van der Waals surface area contributed by atoms with E-state index in [1.54, 1.807) is 6.92 Å². The van der Waals surface area contributed by atoms with Gasteiger partial charge in [-0.05, 0) is 6.92 Å². The Bertz CT molecular complexity index is 137. The lowest BCUT2D eigenvalue weighted by Crippen LogP contribution is -2.37. The quantitative estimate of drug-likeness (QED) is 0.337. The molecule has 0 saturated carbocycles. The third kappa shape index (κ3) is 1.71. The molecule has 0 unspecified atom stereocenters. The van der Waals surface area contributed by atoms with Crippen LogP contribution in [0.2, 0.25) is 0 Å². The maximum Gasteiger partial charge on any atom is 0.247 e. The molecule has 4 heteroatoms. The predicted molar refractivity (Wildman–Crippen MR) is 39.3 cm³/mol. The molecule has 0 N–H and O–H groups in total. The van der Waals surface area contributed by atoms with Gasteiger partial charge in [-0.3, -0.25) is 10.1 Å². The minimum atomic E-state index is -1.05. The van der Waals surface area contributed by atoms with Gasteiger partial charge in [0, 0.05) is 18.8 Å². The summed E-state index contributed by atoms with van der Waals surface area (Å²) in [6, 6.07) is 0. The molecule has 0 rings (SSSR count). The molecule has 0 saturated heterocycles. The highest BCUT2D eigenvalue weighted by Gasteiger charge is 2.32. The first kappa shape index (κ1) is 8.49. The zero-order valence-corrected chi connectivity index (χ0v) is 6.49. The van der Waals surface area contributed by atoms with Crippen molar-refractivity contribution < 1.29 is 4.92 Å². The van der Waals surface area contributed by atoms with Crippen LogP contribution in [0.3, 0.4) is 0 Å². The Morgan fingerprint density at radius 2 is 2.00 bits per heavy atom. The van der Waals surface area contributed by atoms with Crippen molar-refractivity contribution in [1.82, 2.24) is 0 Å². The maximum atomic E-state index is 10.2. The van der Waals surface area contributed by atoms with Gasteiger partial charge in [-0.2, -0.15) is 0 Å². The number of hydrogen-bond acceptors (Lipinski definition) is 3. The second-order valence-corrected chi connectivity index (χ2v) is 2.98. The number of nitrogens with zero attached hydrogens (tertiary/aromatic N) is 1. The molecule has 0 aliphatic carbocycles. The minimum absolute atomic E-state index is 0.380. The maximum absolute atomic E-state index is 10.2. The van der Waals surface area contributed by atoms with Crippen molar-refractivity contribution in [2.45, 2.75) is 26.3 Å². The summed E-state index contributed by atoms with van der Waals surface area (Å²) in [6.07, 6.45) is 0. The van der Waals surface area contributed by atoms with Gasteiger partial charge in [-0.1, -0.05) is 12.2 Å². The van der Waals surface area contributed by atoms with Gasteiger partial charge < -0.3 is 0 Å². The van der Waals surface area contributed by atoms with E-state index in [9.17, 15) is 10.1 Å². The first-order valence-electron chi connectivity index (χ1n) is 2.54. The molecule has 0 aromatic heterocycles. The average molecular weight is 147 g/mol. The molecular weight excluding hydrogens is 138 g/mol. The molecule has 0 aromatic rings. The van der Waals surface area contributed by atoms with Crippen LogP contribution in [0.15, 0.2) is 0 Å². The fraction of sp³-hybridized carbons (Fsp3) is 0.800. The Hall–Kier alpha value is -0.510. The molecule has 3 nitrogen and oxygen atoms in total. The summed E-state index contributed by atoms with van der Waals surface area (Å²) >= 11 is 4.67. The topological polar surface area (TPSA) is 43.1 Å². The van der Waals surface area contributed by atoms with Gasteiger partial charge in [-0.25, -0.2) is 0 Å². The van der Waals surface area contributed by atoms with Crippen LogP contribution in [0.4, 0.5) is 0 Å². The van der Waals surface area contributed by atoms with E-state index in [1.807, 2.05) is 0 Å². The Kier molecular flexibility index (Phi) is 2.25. The van der Waals surface area contributed by atoms with E-state index in [-0.39, 0.29) is 4.92 Å². The summed E-state index contributed by atoms with van der Waals surface area (Å²) in [7, 11) is 0. The number of nitro groups is 1. The van der Waals surface area contributed by atoms with Crippen molar-refractivity contribution >= 4 is 17.1 Å². The fourth-order valence-corrected chi connectivity index (χ4v) is 0.203. The Morgan fingerprint density at radius 3 is 2.00 bits per heavy atom. The zero-order valence-electron chi connectivity index (χ0n) is 5.67. The third-order valence-corrected chi connectivity index (χ3v) is 1.82. The van der Waals surface area contributed by atoms with Gasteiger partial charge in [0.1, 0.15) is 0 Å². The van der Waals surface area contributed by atoms with Crippen molar-refractivity contribution in [2.75, 3.05) is 0 Å². The summed E-state index contributed by atoms with van der Waals surface area (Å²) < 4.78 is 0. The van der Waals surface area contributed by atoms with E-state index >= 15 is 0 Å². The summed E-state index contributed by atoms with van der Waals surface area (Å²) in [5, 5.41) is 10.2. The second kappa shape index (κ2) is 2.39. The Labute approximate surface area is 59.2 Å². The minimum Gasteiger partial charge on any atom is -0.264 e. The molecule has 0 atom stereocenters. The molecule has 0 bridgehead atoms. The van der Waals surface area contributed by atoms with Crippen molar-refractivity contribution in [3.8, 4) is 0 Å². The van der Waals surface area contributed by atoms with E-state index in [0.29, 0.717) is 4.86 Å². The monoisotopic (exact) mass is 147 g/mol. The highest BCUT2D eigenvalue weighted by atomic mass is 32.1. The molecule has 52 valence electrons. The van der Waals surface area contributed by atoms with E-state index < -0.39 is 5.54 Å². The standard InChI is InChI=1S/C5H9NO2S/c1-4(9)5(2,3)6(7)8/h1-3H3. The second-order valence-electron chi connectivity index (χ2n) is 2.37. The highest BCUT2D eigenvalue weighted by molar-refractivity contribution is 7.80. The SMILES string of the molecule is CC(=S)C(C)(C)[N+](=O)[O-]. The van der Waals surface area contributed by atoms with E-state index in [0.717, 1.165) is 0 Å². The van der Waals surface area contributed by atoms with Crippen LogP contribution < -0.4 is 0 Å². The van der Waals surface area contributed by atoms with Gasteiger partial charge in [0.2, 0.25) is 5.54 Å². The largest absolute Gasteiger partial charge is 0.264 e. The van der Waals surface area contributed by atoms with E-state index in [4.69, 9.17) is 0 Å². The van der Waals surface area contributed by atoms with Crippen molar-refractivity contribution in [3.05, 3.63) is 10.1 Å². The molecule has 0 aliphatic heterocycles. The smallest absolute Gasteiger partial charge is 0.247 e. The molecule has 0 spiro atoms. The molecule has 0 fully saturated rings.